The van der Waals surface area contributed by atoms with Crippen molar-refractivity contribution in [3.05, 3.63) is 59.7 Å². The molecule has 0 aliphatic carbocycles. The average Bonchev–Trinajstić information content (AvgIpc) is 2.48. The van der Waals surface area contributed by atoms with Crippen molar-refractivity contribution in [2.24, 2.45) is 0 Å². The molecule has 2 aromatic carbocycles. The monoisotopic (exact) mass is 280 g/mol. The lowest BCUT2D eigenvalue weighted by atomic mass is 9.71. The molecule has 2 aromatic rings. The summed E-state index contributed by atoms with van der Waals surface area (Å²) in [6.45, 7) is 4.57. The molecule has 1 amide bonds. The van der Waals surface area contributed by atoms with Crippen molar-refractivity contribution in [2.45, 2.75) is 25.7 Å². The maximum Gasteiger partial charge on any atom is 0.223 e. The number of benzene rings is 2. The van der Waals surface area contributed by atoms with E-state index >= 15 is 0 Å². The van der Waals surface area contributed by atoms with E-state index in [2.05, 4.69) is 37.3 Å². The third-order valence-corrected chi connectivity index (χ3v) is 4.53. The average molecular weight is 280 g/mol. The Labute approximate surface area is 125 Å². The number of nitrogens with two attached hydrogens (primary N) is 1. The number of fused-ring (bicyclic) bond motifs is 1. The van der Waals surface area contributed by atoms with Crippen molar-refractivity contribution in [3.8, 4) is 0 Å². The van der Waals surface area contributed by atoms with E-state index in [1.807, 2.05) is 23.1 Å². The molecule has 0 aromatic heterocycles. The summed E-state index contributed by atoms with van der Waals surface area (Å²) in [5.41, 5.74) is 9.93. The van der Waals surface area contributed by atoms with E-state index in [1.165, 1.54) is 11.1 Å². The van der Waals surface area contributed by atoms with E-state index in [1.54, 1.807) is 6.92 Å². The lowest BCUT2D eigenvalue weighted by Gasteiger charge is -2.41. The fourth-order valence-corrected chi connectivity index (χ4v) is 3.26. The minimum atomic E-state index is -0.0871. The first-order valence-electron chi connectivity index (χ1n) is 7.26. The quantitative estimate of drug-likeness (QED) is 0.814. The van der Waals surface area contributed by atoms with Crippen LogP contribution >= 0.6 is 0 Å². The van der Waals surface area contributed by atoms with Crippen LogP contribution in [0.4, 0.5) is 11.4 Å². The fourth-order valence-electron chi connectivity index (χ4n) is 3.26. The Kier molecular flexibility index (Phi) is 3.20. The van der Waals surface area contributed by atoms with Gasteiger partial charge in [0.15, 0.2) is 0 Å². The van der Waals surface area contributed by atoms with E-state index in [0.29, 0.717) is 5.69 Å². The van der Waals surface area contributed by atoms with Gasteiger partial charge in [-0.15, -0.1) is 0 Å². The van der Waals surface area contributed by atoms with Crippen LogP contribution in [0.2, 0.25) is 0 Å². The SMILES string of the molecule is CC(=O)N1CCC(C)(c2ccccc2)c2ccc(N)cc21. The van der Waals surface area contributed by atoms with Crippen LogP contribution < -0.4 is 10.6 Å². The fraction of sp³-hybridized carbons (Fsp3) is 0.278. The summed E-state index contributed by atoms with van der Waals surface area (Å²) in [4.78, 5) is 13.7. The Morgan fingerprint density at radius 2 is 1.90 bits per heavy atom. The molecule has 0 saturated carbocycles. The topological polar surface area (TPSA) is 46.3 Å². The second kappa shape index (κ2) is 4.92. The van der Waals surface area contributed by atoms with Gasteiger partial charge in [-0.2, -0.15) is 0 Å². The third-order valence-electron chi connectivity index (χ3n) is 4.53. The number of nitrogen functional groups attached to an aromatic ring is 1. The van der Waals surface area contributed by atoms with E-state index in [9.17, 15) is 4.79 Å². The van der Waals surface area contributed by atoms with Crippen molar-refractivity contribution >= 4 is 17.3 Å². The van der Waals surface area contributed by atoms with E-state index in [-0.39, 0.29) is 11.3 Å². The molecule has 2 N–H and O–H groups in total. The van der Waals surface area contributed by atoms with Crippen LogP contribution in [0.3, 0.4) is 0 Å². The molecular formula is C18H20N2O. The largest absolute Gasteiger partial charge is 0.399 e. The molecular weight excluding hydrogens is 260 g/mol. The summed E-state index contributed by atoms with van der Waals surface area (Å²) in [5, 5.41) is 0. The van der Waals surface area contributed by atoms with Crippen molar-refractivity contribution < 1.29 is 4.79 Å². The standard InChI is InChI=1S/C18H20N2O/c1-13(21)20-11-10-18(2,14-6-4-3-5-7-14)16-9-8-15(19)12-17(16)20/h3-9,12H,10-11,19H2,1-2H3. The van der Waals surface area contributed by atoms with E-state index in [0.717, 1.165) is 18.7 Å². The summed E-state index contributed by atoms with van der Waals surface area (Å²) >= 11 is 0. The first-order chi connectivity index (χ1) is 10.0. The van der Waals surface area contributed by atoms with Gasteiger partial charge in [0, 0.05) is 30.3 Å². The Hall–Kier alpha value is -2.29. The summed E-state index contributed by atoms with van der Waals surface area (Å²) < 4.78 is 0. The van der Waals surface area contributed by atoms with Crippen LogP contribution in [-0.2, 0) is 10.2 Å². The van der Waals surface area contributed by atoms with Gasteiger partial charge in [0.05, 0.1) is 0 Å². The zero-order valence-corrected chi connectivity index (χ0v) is 12.5. The van der Waals surface area contributed by atoms with Crippen molar-refractivity contribution in [3.63, 3.8) is 0 Å². The molecule has 3 rings (SSSR count). The maximum absolute atomic E-state index is 11.9. The highest BCUT2D eigenvalue weighted by Crippen LogP contribution is 2.44. The Balaban J connectivity index is 2.19. The molecule has 3 heteroatoms. The predicted molar refractivity (Wildman–Crippen MR) is 86.4 cm³/mol. The highest BCUT2D eigenvalue weighted by molar-refractivity contribution is 5.94. The molecule has 1 heterocycles. The van der Waals surface area contributed by atoms with Gasteiger partial charge in [0.25, 0.3) is 0 Å². The normalized spacial score (nSPS) is 21.0. The minimum Gasteiger partial charge on any atom is -0.399 e. The number of nitrogens with zero attached hydrogens (tertiary/aromatic N) is 1. The van der Waals surface area contributed by atoms with E-state index in [4.69, 9.17) is 5.73 Å². The molecule has 108 valence electrons. The van der Waals surface area contributed by atoms with Gasteiger partial charge in [-0.25, -0.2) is 0 Å². The predicted octanol–water partition coefficient (Wildman–Crippen LogP) is 3.33. The van der Waals surface area contributed by atoms with Crippen LogP contribution in [-0.4, -0.2) is 12.5 Å². The highest BCUT2D eigenvalue weighted by atomic mass is 16.2. The van der Waals surface area contributed by atoms with E-state index < -0.39 is 0 Å². The summed E-state index contributed by atoms with van der Waals surface area (Å²) in [5.74, 6) is 0.0666. The lowest BCUT2D eigenvalue weighted by molar-refractivity contribution is -0.116. The Morgan fingerprint density at radius 1 is 1.19 bits per heavy atom. The zero-order valence-electron chi connectivity index (χ0n) is 12.5. The number of carbonyl (C=O) groups is 1. The van der Waals surface area contributed by atoms with Gasteiger partial charge in [0.2, 0.25) is 5.91 Å². The number of carbonyl (C=O) groups excluding carboxylic acids is 1. The molecule has 21 heavy (non-hydrogen) atoms. The molecule has 3 nitrogen and oxygen atoms in total. The van der Waals surface area contributed by atoms with Crippen LogP contribution in [0, 0.1) is 0 Å². The van der Waals surface area contributed by atoms with Gasteiger partial charge in [-0.1, -0.05) is 43.3 Å². The number of rotatable bonds is 1. The smallest absolute Gasteiger partial charge is 0.223 e. The summed E-state index contributed by atoms with van der Waals surface area (Å²) in [6.07, 6.45) is 0.910. The summed E-state index contributed by atoms with van der Waals surface area (Å²) in [7, 11) is 0. The van der Waals surface area contributed by atoms with Crippen LogP contribution in [0.25, 0.3) is 0 Å². The first-order valence-corrected chi connectivity index (χ1v) is 7.26. The molecule has 0 saturated heterocycles. The highest BCUT2D eigenvalue weighted by Gasteiger charge is 2.37. The molecule has 1 aliphatic rings. The Bertz CT molecular complexity index is 681. The molecule has 1 atom stereocenters. The van der Waals surface area contributed by atoms with Gasteiger partial charge in [0.1, 0.15) is 0 Å². The molecule has 0 bridgehead atoms. The van der Waals surface area contributed by atoms with Crippen molar-refractivity contribution in [1.29, 1.82) is 0 Å². The maximum atomic E-state index is 11.9. The molecule has 1 aliphatic heterocycles. The first kappa shape index (κ1) is 13.7. The number of hydrogen-bond acceptors (Lipinski definition) is 2. The lowest BCUT2D eigenvalue weighted by Crippen LogP contribution is -2.41. The molecule has 0 spiro atoms. The number of amides is 1. The third kappa shape index (κ3) is 2.19. The van der Waals surface area contributed by atoms with Gasteiger partial charge in [-0.3, -0.25) is 4.79 Å². The van der Waals surface area contributed by atoms with Crippen molar-refractivity contribution in [2.75, 3.05) is 17.2 Å². The minimum absolute atomic E-state index is 0.0666. The Morgan fingerprint density at radius 3 is 2.57 bits per heavy atom. The molecule has 0 radical (unpaired) electrons. The number of anilines is 2. The summed E-state index contributed by atoms with van der Waals surface area (Å²) in [6, 6.07) is 16.4. The van der Waals surface area contributed by atoms with Crippen LogP contribution in [0.15, 0.2) is 48.5 Å². The van der Waals surface area contributed by atoms with Gasteiger partial charge >= 0.3 is 0 Å². The zero-order chi connectivity index (χ0) is 15.0. The van der Waals surface area contributed by atoms with Crippen LogP contribution in [0.1, 0.15) is 31.4 Å². The number of hydrogen-bond donors (Lipinski definition) is 1. The molecule has 0 fully saturated rings. The second-order valence-corrected chi connectivity index (χ2v) is 5.90. The van der Waals surface area contributed by atoms with Crippen LogP contribution in [0.5, 0.6) is 0 Å². The van der Waals surface area contributed by atoms with Gasteiger partial charge in [-0.05, 0) is 29.7 Å². The van der Waals surface area contributed by atoms with Crippen molar-refractivity contribution in [1.82, 2.24) is 0 Å². The second-order valence-electron chi connectivity index (χ2n) is 5.90. The van der Waals surface area contributed by atoms with Gasteiger partial charge < -0.3 is 10.6 Å². The molecule has 1 unspecified atom stereocenters.